The van der Waals surface area contributed by atoms with Crippen molar-refractivity contribution in [2.75, 3.05) is 26.7 Å². The molecule has 2 bridgehead atoms. The number of aliphatic carboxylic acids is 1. The number of nitrogens with zero attached hydrogens (tertiary/aromatic N) is 1. The number of halogens is 1. The van der Waals surface area contributed by atoms with Gasteiger partial charge in [-0.1, -0.05) is 57.0 Å². The number of carbonyl (C=O) groups excluding carboxylic acids is 1. The van der Waals surface area contributed by atoms with Crippen LogP contribution >= 0.6 is 11.6 Å². The number of carbonyl (C=O) groups is 2. The lowest BCUT2D eigenvalue weighted by Gasteiger charge is -2.44. The van der Waals surface area contributed by atoms with Crippen molar-refractivity contribution in [3.63, 3.8) is 0 Å². The summed E-state index contributed by atoms with van der Waals surface area (Å²) in [6.45, 7) is 9.96. The number of carboxylic acid groups (broad SMARTS) is 1. The first-order chi connectivity index (χ1) is 21.5. The molecule has 1 aliphatic carbocycles. The highest BCUT2D eigenvalue weighted by Gasteiger charge is 2.40. The van der Waals surface area contributed by atoms with Crippen LogP contribution in [0.15, 0.2) is 54.6 Å². The number of likely N-dealkylation sites (N-methyl/N-ethyl adjacent to an activating group) is 1. The second-order valence-corrected chi connectivity index (χ2v) is 15.1. The maximum Gasteiger partial charge on any atom is 0.306 e. The smallest absolute Gasteiger partial charge is 0.306 e. The molecule has 45 heavy (non-hydrogen) atoms. The Hall–Kier alpha value is -2.68. The Balaban J connectivity index is 1.65. The van der Waals surface area contributed by atoms with Crippen LogP contribution in [0.4, 0.5) is 0 Å². The van der Waals surface area contributed by atoms with Gasteiger partial charge in [0.05, 0.1) is 17.8 Å². The largest absolute Gasteiger partial charge is 0.493 e. The molecule has 1 fully saturated rings. The van der Waals surface area contributed by atoms with Crippen molar-refractivity contribution in [1.29, 1.82) is 0 Å². The van der Waals surface area contributed by atoms with Gasteiger partial charge in [-0.2, -0.15) is 0 Å². The third-order valence-electron chi connectivity index (χ3n) is 9.85. The van der Waals surface area contributed by atoms with Gasteiger partial charge in [0.15, 0.2) is 0 Å². The molecule has 8 atom stereocenters. The summed E-state index contributed by atoms with van der Waals surface area (Å²) in [5.41, 5.74) is 2.86. The van der Waals surface area contributed by atoms with Crippen LogP contribution in [0.5, 0.6) is 5.75 Å². The van der Waals surface area contributed by atoms with Gasteiger partial charge in [-0.25, -0.2) is 4.21 Å². The number of carboxylic acids is 1. The number of hydrogen-bond donors (Lipinski definition) is 2. The molecule has 0 radical (unpaired) electrons. The third kappa shape index (κ3) is 9.20. The molecular weight excluding hydrogens is 608 g/mol. The molecule has 2 aromatic rings. The average Bonchev–Trinajstić information content (AvgIpc) is 3.00. The molecule has 2 aromatic carbocycles. The molecule has 8 unspecified atom stereocenters. The van der Waals surface area contributed by atoms with Crippen molar-refractivity contribution in [3.05, 3.63) is 76.3 Å². The van der Waals surface area contributed by atoms with E-state index in [1.807, 2.05) is 26.8 Å². The molecule has 2 heterocycles. The Bertz CT molecular complexity index is 1370. The van der Waals surface area contributed by atoms with E-state index in [2.05, 4.69) is 47.9 Å². The Morgan fingerprint density at radius 1 is 1.16 bits per heavy atom. The van der Waals surface area contributed by atoms with Gasteiger partial charge in [-0.05, 0) is 111 Å². The van der Waals surface area contributed by atoms with Crippen LogP contribution in [-0.4, -0.2) is 58.1 Å². The van der Waals surface area contributed by atoms with Crippen LogP contribution in [0.3, 0.4) is 0 Å². The van der Waals surface area contributed by atoms with Gasteiger partial charge in [0.2, 0.25) is 0 Å². The number of allylic oxidation sites excluding steroid dienone is 2. The van der Waals surface area contributed by atoms with Gasteiger partial charge in [-0.15, -0.1) is 0 Å². The van der Waals surface area contributed by atoms with Crippen LogP contribution in [0.2, 0.25) is 5.02 Å². The normalized spacial score (nSPS) is 30.1. The second kappa shape index (κ2) is 16.2. The summed E-state index contributed by atoms with van der Waals surface area (Å²) in [5.74, 6) is -0.316. The van der Waals surface area contributed by atoms with E-state index in [-0.39, 0.29) is 28.9 Å². The van der Waals surface area contributed by atoms with Gasteiger partial charge in [0, 0.05) is 29.6 Å². The minimum Gasteiger partial charge on any atom is -0.493 e. The summed E-state index contributed by atoms with van der Waals surface area (Å²) in [6.07, 6.45) is 8.81. The lowest BCUT2D eigenvalue weighted by Crippen LogP contribution is -2.43. The molecule has 3 aliphatic rings. The zero-order valence-electron chi connectivity index (χ0n) is 27.2. The summed E-state index contributed by atoms with van der Waals surface area (Å²) < 4.78 is 22.1. The van der Waals surface area contributed by atoms with Crippen molar-refractivity contribution in [1.82, 2.24) is 9.62 Å². The first-order valence-corrected chi connectivity index (χ1v) is 17.9. The number of fused-ring (bicyclic) bond motifs is 14. The molecule has 2 N–H and O–H groups in total. The lowest BCUT2D eigenvalue weighted by atomic mass is 9.63. The van der Waals surface area contributed by atoms with E-state index >= 15 is 0 Å². The van der Waals surface area contributed by atoms with Crippen molar-refractivity contribution in [2.24, 2.45) is 29.6 Å². The van der Waals surface area contributed by atoms with E-state index in [9.17, 15) is 18.9 Å². The molecule has 246 valence electrons. The molecular formula is C36H49ClN2O5S. The fourth-order valence-electron chi connectivity index (χ4n) is 6.72. The first kappa shape index (κ1) is 35.2. The fourth-order valence-corrected chi connectivity index (χ4v) is 7.93. The number of benzene rings is 2. The molecule has 0 spiro atoms. The van der Waals surface area contributed by atoms with E-state index in [4.69, 9.17) is 16.3 Å². The number of ether oxygens (including phenoxy) is 1. The summed E-state index contributed by atoms with van der Waals surface area (Å²) >= 11 is 6.41. The maximum absolute atomic E-state index is 13.1. The molecule has 1 amide bonds. The molecule has 1 saturated carbocycles. The predicted octanol–water partition coefficient (Wildman–Crippen LogP) is 7.13. The van der Waals surface area contributed by atoms with Gasteiger partial charge < -0.3 is 14.7 Å². The number of hydrogen-bond acceptors (Lipinski definition) is 5. The molecule has 5 rings (SSSR count). The molecule has 0 aromatic heterocycles. The molecule has 9 heteroatoms. The molecule has 2 aliphatic heterocycles. The van der Waals surface area contributed by atoms with E-state index in [0.717, 1.165) is 43.8 Å². The van der Waals surface area contributed by atoms with E-state index in [0.29, 0.717) is 30.3 Å². The zero-order valence-corrected chi connectivity index (χ0v) is 28.8. The molecule has 0 saturated heterocycles. The Kier molecular flexibility index (Phi) is 12.7. The van der Waals surface area contributed by atoms with Crippen LogP contribution in [0.25, 0.3) is 0 Å². The van der Waals surface area contributed by atoms with Crippen molar-refractivity contribution in [3.8, 4) is 5.75 Å². The van der Waals surface area contributed by atoms with E-state index in [1.165, 1.54) is 11.1 Å². The Labute approximate surface area is 276 Å². The first-order valence-electron chi connectivity index (χ1n) is 16.3. The van der Waals surface area contributed by atoms with Crippen molar-refractivity contribution < 1.29 is 23.6 Å². The van der Waals surface area contributed by atoms with Gasteiger partial charge in [0.1, 0.15) is 16.7 Å². The van der Waals surface area contributed by atoms with E-state index < -0.39 is 28.8 Å². The van der Waals surface area contributed by atoms with Crippen LogP contribution in [0, 0.1) is 29.6 Å². The standard InChI is InChI=1S/C36H49ClN2O5S/c1-6-8-27-19-30(37)14-18-33(27)29-21-39(5)20-28-13-17-34(28)32(24(3)36(41)42)10-7-9-23(2)25(4)45(43)38-35(40)26-11-15-31(16-12-26)44-22-29/h7,10-12,14-16,18-19,23-25,28-29,32,34H,6,8-9,13,17,20-22H2,1-5H3,(H,38,40)(H,41,42)/b10-7+. The van der Waals surface area contributed by atoms with Gasteiger partial charge >= 0.3 is 5.97 Å². The Morgan fingerprint density at radius 3 is 2.53 bits per heavy atom. The van der Waals surface area contributed by atoms with Gasteiger partial charge in [-0.3, -0.25) is 14.3 Å². The average molecular weight is 657 g/mol. The topological polar surface area (TPSA) is 95.9 Å². The third-order valence-corrected chi connectivity index (χ3v) is 11.6. The fraction of sp³-hybridized carbons (Fsp3) is 0.556. The summed E-state index contributed by atoms with van der Waals surface area (Å²) in [6, 6.07) is 13.1. The number of amides is 1. The summed E-state index contributed by atoms with van der Waals surface area (Å²) in [7, 11) is 0.575. The zero-order chi connectivity index (χ0) is 32.7. The Morgan fingerprint density at radius 2 is 1.89 bits per heavy atom. The SMILES string of the molecule is CCCc1cc(Cl)ccc1C1COc2ccc(cc2)C(=O)NS(=O)C(C)C(C)C/C=C/C(C(C)C(=O)O)C2CCC2CN(C)C1. The van der Waals surface area contributed by atoms with Crippen LogP contribution < -0.4 is 9.46 Å². The minimum atomic E-state index is -1.57. The second-order valence-electron chi connectivity index (χ2n) is 13.1. The lowest BCUT2D eigenvalue weighted by molar-refractivity contribution is -0.144. The highest BCUT2D eigenvalue weighted by Crippen LogP contribution is 2.44. The van der Waals surface area contributed by atoms with Crippen LogP contribution in [0.1, 0.15) is 80.8 Å². The quantitative estimate of drug-likeness (QED) is 0.333. The van der Waals surface area contributed by atoms with Crippen LogP contribution in [-0.2, 0) is 22.2 Å². The number of nitrogens with one attached hydrogen (secondary N) is 1. The van der Waals surface area contributed by atoms with Gasteiger partial charge in [0.25, 0.3) is 5.91 Å². The molecule has 7 nitrogen and oxygen atoms in total. The highest BCUT2D eigenvalue weighted by atomic mass is 35.5. The summed E-state index contributed by atoms with van der Waals surface area (Å²) in [5, 5.41) is 10.4. The monoisotopic (exact) mass is 656 g/mol. The van der Waals surface area contributed by atoms with Crippen molar-refractivity contribution >= 4 is 34.5 Å². The predicted molar refractivity (Wildman–Crippen MR) is 182 cm³/mol. The summed E-state index contributed by atoms with van der Waals surface area (Å²) in [4.78, 5) is 27.4. The maximum atomic E-state index is 13.1. The van der Waals surface area contributed by atoms with Crippen molar-refractivity contribution in [2.45, 2.75) is 71.0 Å². The number of rotatable bonds is 5. The highest BCUT2D eigenvalue weighted by molar-refractivity contribution is 7.84. The van der Waals surface area contributed by atoms with E-state index in [1.54, 1.807) is 24.3 Å². The number of aryl methyl sites for hydroxylation is 1. The minimum absolute atomic E-state index is 0.0266.